The lowest BCUT2D eigenvalue weighted by molar-refractivity contribution is 0.171. The molecule has 0 unspecified atom stereocenters. The Kier molecular flexibility index (Phi) is 6.86. The van der Waals surface area contributed by atoms with Crippen LogP contribution in [-0.4, -0.2) is 44.7 Å². The first kappa shape index (κ1) is 23.2. The largest absolute Gasteiger partial charge is 0.310 e. The zero-order valence-electron chi connectivity index (χ0n) is 18.0. The molecule has 0 aliphatic carbocycles. The monoisotopic (exact) mass is 519 g/mol. The molecule has 0 bridgehead atoms. The van der Waals surface area contributed by atoms with Gasteiger partial charge in [-0.2, -0.15) is 0 Å². The van der Waals surface area contributed by atoms with Gasteiger partial charge in [-0.15, -0.1) is 12.4 Å². The smallest absolute Gasteiger partial charge is 0.252 e. The summed E-state index contributed by atoms with van der Waals surface area (Å²) < 4.78 is 4.62. The number of aryl methyl sites for hydroxylation is 1. The van der Waals surface area contributed by atoms with Crippen molar-refractivity contribution in [2.45, 2.75) is 44.9 Å². The summed E-state index contributed by atoms with van der Waals surface area (Å²) in [5.41, 5.74) is 2.89. The average molecular weight is 521 g/mol. The fourth-order valence-electron chi connectivity index (χ4n) is 4.81. The number of aromatic nitrogens is 3. The minimum absolute atomic E-state index is 0. The van der Waals surface area contributed by atoms with Gasteiger partial charge in [0.25, 0.3) is 11.1 Å². The average Bonchev–Trinajstić information content (AvgIpc) is 3.15. The number of piperidine rings is 1. The van der Waals surface area contributed by atoms with Crippen LogP contribution < -0.4 is 16.4 Å². The minimum atomic E-state index is -0.0329. The van der Waals surface area contributed by atoms with Crippen molar-refractivity contribution >= 4 is 39.4 Å². The van der Waals surface area contributed by atoms with Crippen molar-refractivity contribution in [2.75, 3.05) is 19.6 Å². The lowest BCUT2D eigenvalue weighted by Gasteiger charge is -2.34. The maximum atomic E-state index is 12.6. The molecule has 1 atom stereocenters. The molecule has 2 aliphatic rings. The van der Waals surface area contributed by atoms with E-state index in [-0.39, 0.29) is 29.6 Å². The molecule has 2 aliphatic heterocycles. The van der Waals surface area contributed by atoms with E-state index in [1.54, 1.807) is 16.7 Å². The van der Waals surface area contributed by atoms with Crippen molar-refractivity contribution in [1.29, 1.82) is 0 Å². The lowest BCUT2D eigenvalue weighted by atomic mass is 10.0. The molecular weight excluding hydrogens is 494 g/mol. The van der Waals surface area contributed by atoms with Crippen molar-refractivity contribution in [3.63, 3.8) is 0 Å². The van der Waals surface area contributed by atoms with Gasteiger partial charge in [-0.25, -0.2) is 0 Å². The fourth-order valence-corrected chi connectivity index (χ4v) is 5.21. The Balaban J connectivity index is 0.00000245. The maximum Gasteiger partial charge on any atom is 0.252 e. The third kappa shape index (κ3) is 4.41. The molecule has 1 N–H and O–H groups in total. The second-order valence-corrected chi connectivity index (χ2v) is 9.48. The van der Waals surface area contributed by atoms with E-state index in [2.05, 4.69) is 37.2 Å². The first-order valence-corrected chi connectivity index (χ1v) is 11.6. The van der Waals surface area contributed by atoms with Crippen molar-refractivity contribution in [2.24, 2.45) is 0 Å². The normalized spacial score (nSPS) is 18.8. The lowest BCUT2D eigenvalue weighted by Crippen LogP contribution is -2.44. The van der Waals surface area contributed by atoms with E-state index < -0.39 is 0 Å². The van der Waals surface area contributed by atoms with E-state index in [0.717, 1.165) is 60.2 Å². The van der Waals surface area contributed by atoms with Gasteiger partial charge in [0.15, 0.2) is 0 Å². The summed E-state index contributed by atoms with van der Waals surface area (Å²) in [7, 11) is 0. The van der Waals surface area contributed by atoms with Crippen LogP contribution in [0, 0.1) is 6.92 Å². The van der Waals surface area contributed by atoms with E-state index in [9.17, 15) is 9.59 Å². The fraction of sp³-hybridized carbons (Fsp3) is 0.435. The quantitative estimate of drug-likeness (QED) is 0.560. The van der Waals surface area contributed by atoms with E-state index in [4.69, 9.17) is 0 Å². The highest BCUT2D eigenvalue weighted by Crippen LogP contribution is 2.25. The molecule has 3 aromatic heterocycles. The van der Waals surface area contributed by atoms with Crippen molar-refractivity contribution in [3.8, 4) is 0 Å². The SMILES string of the molecule is Cc1ncc(CNC2CCN(C[C@@H]3Cn4c(=O)ccc5ccc(=O)n3c54)CC2)cc1Br.Cl. The van der Waals surface area contributed by atoms with Crippen LogP contribution in [-0.2, 0) is 13.1 Å². The number of pyridine rings is 3. The molecule has 32 heavy (non-hydrogen) atoms. The van der Waals surface area contributed by atoms with Crippen LogP contribution in [0.3, 0.4) is 0 Å². The highest BCUT2D eigenvalue weighted by atomic mass is 79.9. The highest BCUT2D eigenvalue weighted by molar-refractivity contribution is 9.10. The van der Waals surface area contributed by atoms with Crippen molar-refractivity contribution in [1.82, 2.24) is 24.3 Å². The van der Waals surface area contributed by atoms with Gasteiger partial charge in [0.05, 0.1) is 11.7 Å². The molecule has 1 fully saturated rings. The van der Waals surface area contributed by atoms with E-state index in [1.807, 2.05) is 29.8 Å². The van der Waals surface area contributed by atoms with Gasteiger partial charge >= 0.3 is 0 Å². The summed E-state index contributed by atoms with van der Waals surface area (Å²) in [6.45, 7) is 6.14. The molecule has 0 radical (unpaired) electrons. The molecule has 0 aromatic carbocycles. The molecule has 0 saturated carbocycles. The third-order valence-corrected chi connectivity index (χ3v) is 7.35. The molecule has 1 saturated heterocycles. The Morgan fingerprint density at radius 3 is 2.56 bits per heavy atom. The first-order chi connectivity index (χ1) is 15.0. The van der Waals surface area contributed by atoms with Crippen LogP contribution in [0.25, 0.3) is 11.0 Å². The number of hydrogen-bond acceptors (Lipinski definition) is 5. The van der Waals surface area contributed by atoms with E-state index >= 15 is 0 Å². The molecule has 5 rings (SSSR count). The standard InChI is InChI=1S/C23H26BrN5O2.ClH/c1-15-20(24)10-16(11-25-15)12-26-18-6-8-27(9-7-18)13-19-14-28-21(30)4-2-17-3-5-22(31)29(19)23(17)28;/h2-5,10-11,18-19,26H,6-9,12-14H2,1H3;1H/t19-;/m1./s1. The van der Waals surface area contributed by atoms with Crippen LogP contribution in [0.1, 0.15) is 30.1 Å². The Morgan fingerprint density at radius 1 is 1.12 bits per heavy atom. The topological polar surface area (TPSA) is 72.2 Å². The number of nitrogens with zero attached hydrogens (tertiary/aromatic N) is 4. The Labute approximate surface area is 201 Å². The molecule has 7 nitrogen and oxygen atoms in total. The first-order valence-electron chi connectivity index (χ1n) is 10.8. The summed E-state index contributed by atoms with van der Waals surface area (Å²) in [6, 6.07) is 9.44. The van der Waals surface area contributed by atoms with Crippen LogP contribution in [0.2, 0.25) is 0 Å². The number of halogens is 2. The zero-order chi connectivity index (χ0) is 21.5. The second kappa shape index (κ2) is 9.47. The molecule has 170 valence electrons. The summed E-state index contributed by atoms with van der Waals surface area (Å²) >= 11 is 3.55. The van der Waals surface area contributed by atoms with Crippen LogP contribution in [0.15, 0.2) is 50.6 Å². The molecule has 0 spiro atoms. The minimum Gasteiger partial charge on any atom is -0.310 e. The molecular formula is C23H27BrClN5O2. The van der Waals surface area contributed by atoms with Crippen LogP contribution >= 0.6 is 28.3 Å². The Morgan fingerprint density at radius 2 is 1.84 bits per heavy atom. The van der Waals surface area contributed by atoms with Gasteiger partial charge < -0.3 is 10.2 Å². The number of nitrogens with one attached hydrogen (secondary N) is 1. The maximum absolute atomic E-state index is 12.6. The van der Waals surface area contributed by atoms with Crippen LogP contribution in [0.5, 0.6) is 0 Å². The summed E-state index contributed by atoms with van der Waals surface area (Å²) in [6.07, 6.45) is 4.07. The third-order valence-electron chi connectivity index (χ3n) is 6.55. The second-order valence-electron chi connectivity index (χ2n) is 8.62. The summed E-state index contributed by atoms with van der Waals surface area (Å²) in [5.74, 6) is 0. The summed E-state index contributed by atoms with van der Waals surface area (Å²) in [5, 5.41) is 4.60. The summed E-state index contributed by atoms with van der Waals surface area (Å²) in [4.78, 5) is 31.8. The molecule has 3 aromatic rings. The van der Waals surface area contributed by atoms with E-state index in [0.29, 0.717) is 12.6 Å². The van der Waals surface area contributed by atoms with Gasteiger partial charge in [0, 0.05) is 53.9 Å². The van der Waals surface area contributed by atoms with Gasteiger partial charge in [0.1, 0.15) is 5.65 Å². The number of likely N-dealkylation sites (tertiary alicyclic amines) is 1. The Bertz CT molecular complexity index is 1240. The molecule has 0 amide bonds. The Hall–Kier alpha value is -2.00. The molecule has 5 heterocycles. The predicted molar refractivity (Wildman–Crippen MR) is 132 cm³/mol. The van der Waals surface area contributed by atoms with Gasteiger partial charge in [-0.1, -0.05) is 0 Å². The predicted octanol–water partition coefficient (Wildman–Crippen LogP) is 2.86. The van der Waals surface area contributed by atoms with Crippen molar-refractivity contribution in [3.05, 3.63) is 73.0 Å². The van der Waals surface area contributed by atoms with Gasteiger partial charge in [0.2, 0.25) is 0 Å². The number of rotatable bonds is 5. The highest BCUT2D eigenvalue weighted by Gasteiger charge is 2.29. The van der Waals surface area contributed by atoms with Crippen LogP contribution in [0.4, 0.5) is 0 Å². The van der Waals surface area contributed by atoms with Gasteiger partial charge in [-0.3, -0.25) is 23.7 Å². The number of hydrogen-bond donors (Lipinski definition) is 1. The van der Waals surface area contributed by atoms with E-state index in [1.165, 1.54) is 5.56 Å². The van der Waals surface area contributed by atoms with Gasteiger partial charge in [-0.05, 0) is 72.5 Å². The molecule has 9 heteroatoms. The van der Waals surface area contributed by atoms with Crippen molar-refractivity contribution < 1.29 is 0 Å². The zero-order valence-corrected chi connectivity index (χ0v) is 20.4.